The van der Waals surface area contributed by atoms with Gasteiger partial charge < -0.3 is 4.74 Å². The van der Waals surface area contributed by atoms with Crippen molar-refractivity contribution in [2.45, 2.75) is 13.8 Å². The normalized spacial score (nSPS) is 10.8. The minimum Gasteiger partial charge on any atom is -0.490 e. The van der Waals surface area contributed by atoms with Crippen molar-refractivity contribution in [1.29, 1.82) is 0 Å². The molecule has 0 saturated heterocycles. The lowest BCUT2D eigenvalue weighted by molar-refractivity contribution is 0.320. The lowest BCUT2D eigenvalue weighted by Gasteiger charge is -2.08. The molecular formula is C11H11FOS. The maximum atomic E-state index is 13.5. The largest absolute Gasteiger partial charge is 0.490 e. The molecule has 0 atom stereocenters. The SMILES string of the molecule is CCOc1c(F)cc2ccsc2c1C. The maximum absolute atomic E-state index is 13.5. The zero-order valence-electron chi connectivity index (χ0n) is 8.13. The zero-order chi connectivity index (χ0) is 10.1. The van der Waals surface area contributed by atoms with Crippen molar-refractivity contribution in [3.05, 3.63) is 28.9 Å². The van der Waals surface area contributed by atoms with Gasteiger partial charge in [-0.25, -0.2) is 4.39 Å². The highest BCUT2D eigenvalue weighted by Gasteiger charge is 2.11. The van der Waals surface area contributed by atoms with E-state index in [1.807, 2.05) is 25.3 Å². The first-order valence-electron chi connectivity index (χ1n) is 4.53. The molecule has 74 valence electrons. The van der Waals surface area contributed by atoms with Crippen LogP contribution in [0, 0.1) is 12.7 Å². The third kappa shape index (κ3) is 1.38. The first-order chi connectivity index (χ1) is 6.74. The molecule has 1 heterocycles. The Bertz CT molecular complexity index is 462. The molecule has 1 aromatic heterocycles. The Kier molecular flexibility index (Phi) is 2.42. The minimum absolute atomic E-state index is 0.268. The molecule has 2 rings (SSSR count). The quantitative estimate of drug-likeness (QED) is 0.733. The number of rotatable bonds is 2. The average molecular weight is 210 g/mol. The van der Waals surface area contributed by atoms with Gasteiger partial charge in [0.15, 0.2) is 11.6 Å². The fourth-order valence-corrected chi connectivity index (χ4v) is 2.43. The van der Waals surface area contributed by atoms with Crippen LogP contribution in [0.3, 0.4) is 0 Å². The Morgan fingerprint density at radius 1 is 1.50 bits per heavy atom. The van der Waals surface area contributed by atoms with Gasteiger partial charge in [-0.3, -0.25) is 0 Å². The Hall–Kier alpha value is -1.09. The molecule has 3 heteroatoms. The summed E-state index contributed by atoms with van der Waals surface area (Å²) in [6.45, 7) is 4.25. The Morgan fingerprint density at radius 3 is 3.00 bits per heavy atom. The van der Waals surface area contributed by atoms with Crippen LogP contribution >= 0.6 is 11.3 Å². The van der Waals surface area contributed by atoms with E-state index in [4.69, 9.17) is 4.74 Å². The van der Waals surface area contributed by atoms with Crippen LogP contribution in [-0.2, 0) is 0 Å². The van der Waals surface area contributed by atoms with E-state index in [1.165, 1.54) is 6.07 Å². The topological polar surface area (TPSA) is 9.23 Å². The zero-order valence-corrected chi connectivity index (χ0v) is 8.95. The second kappa shape index (κ2) is 3.58. The van der Waals surface area contributed by atoms with Crippen LogP contribution in [0.15, 0.2) is 17.5 Å². The van der Waals surface area contributed by atoms with E-state index in [-0.39, 0.29) is 5.82 Å². The van der Waals surface area contributed by atoms with Crippen molar-refractivity contribution in [3.63, 3.8) is 0 Å². The molecule has 0 unspecified atom stereocenters. The molecule has 0 radical (unpaired) electrons. The smallest absolute Gasteiger partial charge is 0.166 e. The highest BCUT2D eigenvalue weighted by Crippen LogP contribution is 2.33. The van der Waals surface area contributed by atoms with Crippen LogP contribution in [0.4, 0.5) is 4.39 Å². The van der Waals surface area contributed by atoms with E-state index in [0.717, 1.165) is 15.6 Å². The third-order valence-electron chi connectivity index (χ3n) is 2.16. The predicted octanol–water partition coefficient (Wildman–Crippen LogP) is 3.75. The molecule has 0 aliphatic carbocycles. The molecule has 0 amide bonds. The van der Waals surface area contributed by atoms with E-state index in [2.05, 4.69) is 0 Å². The van der Waals surface area contributed by atoms with Crippen molar-refractivity contribution in [2.24, 2.45) is 0 Å². The van der Waals surface area contributed by atoms with Crippen molar-refractivity contribution in [2.75, 3.05) is 6.61 Å². The van der Waals surface area contributed by atoms with Gasteiger partial charge >= 0.3 is 0 Å². The molecule has 0 fully saturated rings. The predicted molar refractivity (Wildman–Crippen MR) is 57.7 cm³/mol. The third-order valence-corrected chi connectivity index (χ3v) is 3.21. The second-order valence-electron chi connectivity index (χ2n) is 3.08. The van der Waals surface area contributed by atoms with Crippen molar-refractivity contribution >= 4 is 21.4 Å². The van der Waals surface area contributed by atoms with Crippen LogP contribution in [-0.4, -0.2) is 6.61 Å². The number of benzene rings is 1. The number of halogens is 1. The Labute approximate surface area is 86.1 Å². The molecular weight excluding hydrogens is 199 g/mol. The molecule has 1 nitrogen and oxygen atoms in total. The number of fused-ring (bicyclic) bond motifs is 1. The Balaban J connectivity index is 2.69. The van der Waals surface area contributed by atoms with Gasteiger partial charge in [0.05, 0.1) is 6.61 Å². The van der Waals surface area contributed by atoms with E-state index < -0.39 is 0 Å². The Morgan fingerprint density at radius 2 is 2.29 bits per heavy atom. The van der Waals surface area contributed by atoms with Gasteiger partial charge in [0.1, 0.15) is 0 Å². The number of hydrogen-bond acceptors (Lipinski definition) is 2. The molecule has 2 aromatic rings. The number of ether oxygens (including phenoxy) is 1. The van der Waals surface area contributed by atoms with Gasteiger partial charge in [-0.05, 0) is 36.7 Å². The van der Waals surface area contributed by atoms with Gasteiger partial charge in [0, 0.05) is 10.3 Å². The molecule has 0 saturated carbocycles. The van der Waals surface area contributed by atoms with Gasteiger partial charge in [-0.2, -0.15) is 0 Å². The van der Waals surface area contributed by atoms with Gasteiger partial charge in [-0.1, -0.05) is 0 Å². The van der Waals surface area contributed by atoms with Crippen LogP contribution in [0.1, 0.15) is 12.5 Å². The molecule has 0 aliphatic rings. The fraction of sp³-hybridized carbons (Fsp3) is 0.273. The summed E-state index contributed by atoms with van der Waals surface area (Å²) in [6.07, 6.45) is 0. The molecule has 0 spiro atoms. The van der Waals surface area contributed by atoms with Gasteiger partial charge in [0.2, 0.25) is 0 Å². The van der Waals surface area contributed by atoms with Crippen molar-refractivity contribution < 1.29 is 9.13 Å². The highest BCUT2D eigenvalue weighted by atomic mass is 32.1. The summed E-state index contributed by atoms with van der Waals surface area (Å²) < 4.78 is 19.9. The highest BCUT2D eigenvalue weighted by molar-refractivity contribution is 7.17. The maximum Gasteiger partial charge on any atom is 0.166 e. The summed E-state index contributed by atoms with van der Waals surface area (Å²) >= 11 is 1.62. The standard InChI is InChI=1S/C11H11FOS/c1-3-13-10-7(2)11-8(4-5-14-11)6-9(10)12/h4-6H,3H2,1-2H3. The van der Waals surface area contributed by atoms with E-state index in [0.29, 0.717) is 12.4 Å². The number of thiophene rings is 1. The van der Waals surface area contributed by atoms with E-state index in [9.17, 15) is 4.39 Å². The first kappa shape index (κ1) is 9.46. The molecule has 0 aliphatic heterocycles. The summed E-state index contributed by atoms with van der Waals surface area (Å²) in [6, 6.07) is 3.45. The summed E-state index contributed by atoms with van der Waals surface area (Å²) in [4.78, 5) is 0. The summed E-state index contributed by atoms with van der Waals surface area (Å²) in [7, 11) is 0. The minimum atomic E-state index is -0.268. The lowest BCUT2D eigenvalue weighted by Crippen LogP contribution is -1.97. The van der Waals surface area contributed by atoms with Crippen molar-refractivity contribution in [3.8, 4) is 5.75 Å². The summed E-state index contributed by atoms with van der Waals surface area (Å²) in [5.41, 5.74) is 0.900. The monoisotopic (exact) mass is 210 g/mol. The first-order valence-corrected chi connectivity index (χ1v) is 5.41. The van der Waals surface area contributed by atoms with Crippen LogP contribution in [0.25, 0.3) is 10.1 Å². The lowest BCUT2D eigenvalue weighted by atomic mass is 10.1. The molecule has 0 bridgehead atoms. The summed E-state index contributed by atoms with van der Waals surface area (Å²) in [5.74, 6) is 0.123. The second-order valence-corrected chi connectivity index (χ2v) is 4.00. The number of hydrogen-bond donors (Lipinski definition) is 0. The molecule has 1 aromatic carbocycles. The number of aryl methyl sites for hydroxylation is 1. The summed E-state index contributed by atoms with van der Waals surface area (Å²) in [5, 5.41) is 2.92. The van der Waals surface area contributed by atoms with Crippen LogP contribution < -0.4 is 4.74 Å². The van der Waals surface area contributed by atoms with Crippen LogP contribution in [0.5, 0.6) is 5.75 Å². The molecule has 14 heavy (non-hydrogen) atoms. The van der Waals surface area contributed by atoms with Crippen molar-refractivity contribution in [1.82, 2.24) is 0 Å². The molecule has 0 N–H and O–H groups in total. The fourth-order valence-electron chi connectivity index (χ4n) is 1.54. The van der Waals surface area contributed by atoms with E-state index in [1.54, 1.807) is 11.3 Å². The van der Waals surface area contributed by atoms with Crippen LogP contribution in [0.2, 0.25) is 0 Å². The van der Waals surface area contributed by atoms with Gasteiger partial charge in [0.25, 0.3) is 0 Å². The average Bonchev–Trinajstić information content (AvgIpc) is 2.60. The van der Waals surface area contributed by atoms with E-state index >= 15 is 0 Å². The van der Waals surface area contributed by atoms with Gasteiger partial charge in [-0.15, -0.1) is 11.3 Å².